The number of alkyl halides is 2. The normalized spacial score (nSPS) is 23.6. The van der Waals surface area contributed by atoms with Crippen LogP contribution in [-0.2, 0) is 0 Å². The highest BCUT2D eigenvalue weighted by molar-refractivity contribution is 5.38. The van der Waals surface area contributed by atoms with Crippen molar-refractivity contribution in [2.75, 3.05) is 0 Å². The lowest BCUT2D eigenvalue weighted by Crippen LogP contribution is -1.88. The molecule has 0 unspecified atom stereocenters. The van der Waals surface area contributed by atoms with E-state index < -0.39 is 5.92 Å². The summed E-state index contributed by atoms with van der Waals surface area (Å²) in [4.78, 5) is 0. The summed E-state index contributed by atoms with van der Waals surface area (Å²) in [6.07, 6.45) is 0. The average molecular weight is 74.0 g/mol. The van der Waals surface area contributed by atoms with Crippen LogP contribution in [0.25, 0.3) is 0 Å². The van der Waals surface area contributed by atoms with Gasteiger partial charge in [-0.05, 0) is 11.8 Å². The van der Waals surface area contributed by atoms with Crippen LogP contribution >= 0.6 is 0 Å². The van der Waals surface area contributed by atoms with Crippen LogP contribution in [0.1, 0.15) is 0 Å². The smallest absolute Gasteiger partial charge is 0.178 e. The zero-order valence-electron chi connectivity index (χ0n) is 2.26. The van der Waals surface area contributed by atoms with Gasteiger partial charge in [-0.2, -0.15) is 8.78 Å². The molecule has 0 radical (unpaired) electrons. The Kier molecular flexibility index (Phi) is 0.193. The Morgan fingerprint density at radius 2 is 1.40 bits per heavy atom. The molecule has 0 nitrogen and oxygen atoms in total. The lowest BCUT2D eigenvalue weighted by molar-refractivity contribution is 0.160. The molecule has 0 saturated heterocycles. The van der Waals surface area contributed by atoms with Crippen LogP contribution in [0, 0.1) is 11.8 Å². The highest BCUT2D eigenvalue weighted by Gasteiger charge is 2.32. The minimum Gasteiger partial charge on any atom is -0.178 e. The van der Waals surface area contributed by atoms with Crippen LogP contribution in [0.3, 0.4) is 0 Å². The molecule has 1 aliphatic rings. The van der Waals surface area contributed by atoms with Crippen molar-refractivity contribution in [1.29, 1.82) is 0 Å². The SMILES string of the molecule is FC1(F)C#C1. The minimum absolute atomic E-state index is 1.59. The van der Waals surface area contributed by atoms with Crippen LogP contribution in [0.2, 0.25) is 0 Å². The molecule has 0 aromatic heterocycles. The Balaban J connectivity index is 2.50. The summed E-state index contributed by atoms with van der Waals surface area (Å²) in [5, 5.41) is 0. The van der Waals surface area contributed by atoms with Crippen LogP contribution < -0.4 is 0 Å². The maximum absolute atomic E-state index is 10.9. The van der Waals surface area contributed by atoms with Crippen LogP contribution in [-0.4, -0.2) is 5.92 Å². The number of hydrogen-bond acceptors (Lipinski definition) is 0. The van der Waals surface area contributed by atoms with Crippen molar-refractivity contribution < 1.29 is 8.78 Å². The maximum Gasteiger partial charge on any atom is 0.371 e. The Labute approximate surface area is 27.8 Å². The first-order valence-corrected chi connectivity index (χ1v) is 1.13. The summed E-state index contributed by atoms with van der Waals surface area (Å²) in [6, 6.07) is 0. The van der Waals surface area contributed by atoms with E-state index in [2.05, 4.69) is 0 Å². The Morgan fingerprint density at radius 1 is 1.20 bits per heavy atom. The van der Waals surface area contributed by atoms with Gasteiger partial charge >= 0.3 is 5.92 Å². The van der Waals surface area contributed by atoms with Crippen molar-refractivity contribution >= 4 is 0 Å². The molecule has 0 N–H and O–H groups in total. The van der Waals surface area contributed by atoms with E-state index in [1.807, 2.05) is 0 Å². The molecule has 0 bridgehead atoms. The van der Waals surface area contributed by atoms with E-state index in [0.29, 0.717) is 0 Å². The fourth-order valence-corrected chi connectivity index (χ4v) is 0.0472. The molecule has 0 aliphatic heterocycles. The van der Waals surface area contributed by atoms with Gasteiger partial charge in [0.1, 0.15) is 0 Å². The molecule has 5 heavy (non-hydrogen) atoms. The second-order valence-corrected chi connectivity index (χ2v) is 0.824. The Hall–Kier alpha value is -0.580. The largest absolute Gasteiger partial charge is 0.371 e. The van der Waals surface area contributed by atoms with E-state index in [-0.39, 0.29) is 0 Å². The molecule has 0 heterocycles. The predicted octanol–water partition coefficient (Wildman–Crippen LogP) is 0.639. The van der Waals surface area contributed by atoms with Crippen LogP contribution in [0.4, 0.5) is 8.78 Å². The van der Waals surface area contributed by atoms with Crippen molar-refractivity contribution in [3.63, 3.8) is 0 Å². The van der Waals surface area contributed by atoms with Gasteiger partial charge in [0.15, 0.2) is 0 Å². The topological polar surface area (TPSA) is 0 Å². The third-order valence-corrected chi connectivity index (χ3v) is 0.314. The minimum atomic E-state index is -2.75. The van der Waals surface area contributed by atoms with Gasteiger partial charge in [-0.1, -0.05) is 0 Å². The highest BCUT2D eigenvalue weighted by Crippen LogP contribution is 2.18. The number of halogens is 2. The van der Waals surface area contributed by atoms with Crippen LogP contribution in [0.5, 0.6) is 0 Å². The van der Waals surface area contributed by atoms with E-state index >= 15 is 0 Å². The molecule has 0 spiro atoms. The van der Waals surface area contributed by atoms with E-state index in [1.54, 1.807) is 11.8 Å². The van der Waals surface area contributed by atoms with Crippen molar-refractivity contribution in [2.24, 2.45) is 0 Å². The molecule has 1 aliphatic carbocycles. The molecule has 0 saturated carbocycles. The molecule has 26 valence electrons. The van der Waals surface area contributed by atoms with Crippen LogP contribution in [0.15, 0.2) is 0 Å². The number of hydrogen-bond donors (Lipinski definition) is 0. The summed E-state index contributed by atoms with van der Waals surface area (Å²) in [6.45, 7) is 0. The molecule has 0 amide bonds. The summed E-state index contributed by atoms with van der Waals surface area (Å²) >= 11 is 0. The Bertz CT molecular complexity index is 93.8. The van der Waals surface area contributed by atoms with E-state index in [4.69, 9.17) is 0 Å². The maximum atomic E-state index is 10.9. The lowest BCUT2D eigenvalue weighted by atomic mass is 10.7. The first-order valence-electron chi connectivity index (χ1n) is 1.13. The number of rotatable bonds is 0. The summed E-state index contributed by atoms with van der Waals surface area (Å²) in [7, 11) is 0. The quantitative estimate of drug-likeness (QED) is 0.370. The van der Waals surface area contributed by atoms with Crippen molar-refractivity contribution in [3.05, 3.63) is 0 Å². The van der Waals surface area contributed by atoms with E-state index in [9.17, 15) is 8.78 Å². The van der Waals surface area contributed by atoms with Crippen molar-refractivity contribution in [2.45, 2.75) is 5.92 Å². The summed E-state index contributed by atoms with van der Waals surface area (Å²) in [5.74, 6) is 0.431. The molecule has 2 heteroatoms. The highest BCUT2D eigenvalue weighted by atomic mass is 19.3. The van der Waals surface area contributed by atoms with E-state index in [1.165, 1.54) is 0 Å². The third-order valence-electron chi connectivity index (χ3n) is 0.314. The van der Waals surface area contributed by atoms with Gasteiger partial charge in [-0.15, -0.1) is 0 Å². The van der Waals surface area contributed by atoms with Gasteiger partial charge in [0, 0.05) is 0 Å². The first-order chi connectivity index (χ1) is 2.21. The molecule has 0 atom stereocenters. The molecule has 0 aromatic rings. The van der Waals surface area contributed by atoms with Gasteiger partial charge in [0.05, 0.1) is 0 Å². The first kappa shape index (κ1) is 2.65. The van der Waals surface area contributed by atoms with Gasteiger partial charge in [-0.25, -0.2) is 0 Å². The molecule has 0 fully saturated rings. The molecular formula is C3F2. The van der Waals surface area contributed by atoms with Gasteiger partial charge < -0.3 is 0 Å². The third kappa shape index (κ3) is 0.353. The zero-order valence-corrected chi connectivity index (χ0v) is 2.26. The molecular weight excluding hydrogens is 74.0 g/mol. The van der Waals surface area contributed by atoms with Gasteiger partial charge in [-0.3, -0.25) is 0 Å². The fraction of sp³-hybridized carbons (Fsp3) is 0.333. The van der Waals surface area contributed by atoms with E-state index in [0.717, 1.165) is 0 Å². The second kappa shape index (κ2) is 0.364. The molecule has 1 rings (SSSR count). The lowest BCUT2D eigenvalue weighted by Gasteiger charge is -1.75. The van der Waals surface area contributed by atoms with Gasteiger partial charge in [0.2, 0.25) is 0 Å². The average Bonchev–Trinajstić information content (AvgIpc) is 1.76. The summed E-state index contributed by atoms with van der Waals surface area (Å²) in [5.41, 5.74) is 0. The Morgan fingerprint density at radius 3 is 1.40 bits per heavy atom. The predicted molar refractivity (Wildman–Crippen MR) is 12.7 cm³/mol. The second-order valence-electron chi connectivity index (χ2n) is 0.824. The molecule has 0 aromatic carbocycles. The fourth-order valence-electron chi connectivity index (χ4n) is 0.0472. The standard InChI is InChI=1S/C3F2/c4-3(5)1-2-3. The zero-order chi connectivity index (χ0) is 3.91. The van der Waals surface area contributed by atoms with Crippen molar-refractivity contribution in [1.82, 2.24) is 0 Å². The monoisotopic (exact) mass is 74.0 g/mol. The summed E-state index contributed by atoms with van der Waals surface area (Å²) < 4.78 is 21.8. The van der Waals surface area contributed by atoms with Gasteiger partial charge in [0.25, 0.3) is 0 Å². The van der Waals surface area contributed by atoms with Crippen molar-refractivity contribution in [3.8, 4) is 11.8 Å².